The predicted octanol–water partition coefficient (Wildman–Crippen LogP) is 1.52. The molecule has 2 rings (SSSR count). The maximum atomic E-state index is 9.07. The summed E-state index contributed by atoms with van der Waals surface area (Å²) < 4.78 is 1.85. The summed E-state index contributed by atoms with van der Waals surface area (Å²) in [5, 5.41) is 17.1. The van der Waals surface area contributed by atoms with Crippen LogP contribution >= 0.6 is 0 Å². The fourth-order valence-electron chi connectivity index (χ4n) is 1.85. The molecule has 0 radical (unpaired) electrons. The minimum Gasteiger partial charge on any atom is -0.388 e. The van der Waals surface area contributed by atoms with Crippen LogP contribution in [0.5, 0.6) is 0 Å². The van der Waals surface area contributed by atoms with Gasteiger partial charge in [0.1, 0.15) is 12.4 Å². The fraction of sp³-hybridized carbons (Fsp3) is 0.385. The number of aliphatic hydroxyl groups excluding tert-OH is 1. The lowest BCUT2D eigenvalue weighted by molar-refractivity contribution is 0.266. The van der Waals surface area contributed by atoms with Crippen molar-refractivity contribution in [2.45, 2.75) is 26.9 Å². The molecule has 0 aliphatic heterocycles. The first-order valence-corrected chi connectivity index (χ1v) is 5.66. The van der Waals surface area contributed by atoms with E-state index in [0.29, 0.717) is 5.82 Å². The SMILES string of the molecule is Cc1ccc(C)c(Cc2nnc(CO)n2C)c1. The number of nitrogens with zero attached hydrogens (tertiary/aromatic N) is 3. The average molecular weight is 231 g/mol. The second kappa shape index (κ2) is 4.67. The van der Waals surface area contributed by atoms with Crippen molar-refractivity contribution in [1.29, 1.82) is 0 Å². The number of aliphatic hydroxyl groups is 1. The Morgan fingerprint density at radius 3 is 2.53 bits per heavy atom. The summed E-state index contributed by atoms with van der Waals surface area (Å²) >= 11 is 0. The van der Waals surface area contributed by atoms with Crippen LogP contribution in [0.3, 0.4) is 0 Å². The van der Waals surface area contributed by atoms with Gasteiger partial charge in [-0.1, -0.05) is 23.8 Å². The van der Waals surface area contributed by atoms with Gasteiger partial charge in [0.25, 0.3) is 0 Å². The lowest BCUT2D eigenvalue weighted by Gasteiger charge is -2.07. The molecule has 0 unspecified atom stereocenters. The van der Waals surface area contributed by atoms with Crippen LogP contribution in [0.1, 0.15) is 28.3 Å². The summed E-state index contributed by atoms with van der Waals surface area (Å²) in [6, 6.07) is 6.39. The van der Waals surface area contributed by atoms with Crippen LogP contribution in [0.25, 0.3) is 0 Å². The molecule has 0 spiro atoms. The molecule has 0 aliphatic carbocycles. The van der Waals surface area contributed by atoms with Gasteiger partial charge in [0, 0.05) is 13.5 Å². The largest absolute Gasteiger partial charge is 0.388 e. The Balaban J connectivity index is 2.31. The van der Waals surface area contributed by atoms with Gasteiger partial charge in [0.2, 0.25) is 0 Å². The van der Waals surface area contributed by atoms with E-state index < -0.39 is 0 Å². The molecule has 1 heterocycles. The molecule has 17 heavy (non-hydrogen) atoms. The number of hydrogen-bond acceptors (Lipinski definition) is 3. The Kier molecular flexibility index (Phi) is 3.24. The molecule has 1 N–H and O–H groups in total. The summed E-state index contributed by atoms with van der Waals surface area (Å²) in [5.41, 5.74) is 3.75. The number of rotatable bonds is 3. The maximum Gasteiger partial charge on any atom is 0.158 e. The zero-order valence-corrected chi connectivity index (χ0v) is 10.4. The molecule has 4 nitrogen and oxygen atoms in total. The van der Waals surface area contributed by atoms with Gasteiger partial charge in [0.15, 0.2) is 5.82 Å². The van der Waals surface area contributed by atoms with Crippen molar-refractivity contribution in [1.82, 2.24) is 14.8 Å². The summed E-state index contributed by atoms with van der Waals surface area (Å²) in [7, 11) is 1.88. The first-order chi connectivity index (χ1) is 8.11. The molecule has 0 aliphatic rings. The molecule has 1 aromatic carbocycles. The molecular formula is C13H17N3O. The van der Waals surface area contributed by atoms with Gasteiger partial charge in [0.05, 0.1) is 0 Å². The first kappa shape index (κ1) is 11.8. The molecule has 0 saturated heterocycles. The topological polar surface area (TPSA) is 50.9 Å². The van der Waals surface area contributed by atoms with Gasteiger partial charge in [-0.05, 0) is 25.0 Å². The van der Waals surface area contributed by atoms with Crippen molar-refractivity contribution >= 4 is 0 Å². The normalized spacial score (nSPS) is 10.8. The summed E-state index contributed by atoms with van der Waals surface area (Å²) in [6.45, 7) is 4.10. The highest BCUT2D eigenvalue weighted by atomic mass is 16.3. The van der Waals surface area contributed by atoms with Gasteiger partial charge >= 0.3 is 0 Å². The molecule has 90 valence electrons. The number of aryl methyl sites for hydroxylation is 2. The molecule has 0 fully saturated rings. The summed E-state index contributed by atoms with van der Waals surface area (Å²) in [5.74, 6) is 1.48. The van der Waals surface area contributed by atoms with Crippen LogP contribution in [0.4, 0.5) is 0 Å². The van der Waals surface area contributed by atoms with Crippen molar-refractivity contribution in [2.24, 2.45) is 7.05 Å². The lowest BCUT2D eigenvalue weighted by atomic mass is 10.0. The van der Waals surface area contributed by atoms with Crippen molar-refractivity contribution in [3.05, 3.63) is 46.5 Å². The fourth-order valence-corrected chi connectivity index (χ4v) is 1.85. The third kappa shape index (κ3) is 2.36. The van der Waals surface area contributed by atoms with E-state index in [1.807, 2.05) is 11.6 Å². The van der Waals surface area contributed by atoms with E-state index in [1.54, 1.807) is 0 Å². The van der Waals surface area contributed by atoms with E-state index in [1.165, 1.54) is 16.7 Å². The van der Waals surface area contributed by atoms with Crippen LogP contribution in [-0.2, 0) is 20.1 Å². The second-order valence-corrected chi connectivity index (χ2v) is 4.36. The van der Waals surface area contributed by atoms with E-state index in [9.17, 15) is 0 Å². The molecule has 0 atom stereocenters. The number of benzene rings is 1. The van der Waals surface area contributed by atoms with Crippen LogP contribution in [0.15, 0.2) is 18.2 Å². The van der Waals surface area contributed by atoms with Gasteiger partial charge < -0.3 is 9.67 Å². The minimum atomic E-state index is -0.0731. The molecule has 2 aromatic rings. The number of aromatic nitrogens is 3. The standard InChI is InChI=1S/C13H17N3O/c1-9-4-5-10(2)11(6-9)7-12-14-15-13(8-17)16(12)3/h4-6,17H,7-8H2,1-3H3. The summed E-state index contributed by atoms with van der Waals surface area (Å²) in [6.07, 6.45) is 0.747. The van der Waals surface area contributed by atoms with Gasteiger partial charge in [-0.2, -0.15) is 0 Å². The Labute approximate surface area is 101 Å². The third-order valence-corrected chi connectivity index (χ3v) is 3.05. The van der Waals surface area contributed by atoms with E-state index in [0.717, 1.165) is 12.2 Å². The van der Waals surface area contributed by atoms with E-state index in [4.69, 9.17) is 5.11 Å². The summed E-state index contributed by atoms with van der Waals surface area (Å²) in [4.78, 5) is 0. The molecule has 1 aromatic heterocycles. The van der Waals surface area contributed by atoms with E-state index >= 15 is 0 Å². The van der Waals surface area contributed by atoms with E-state index in [2.05, 4.69) is 42.2 Å². The molecule has 0 saturated carbocycles. The Morgan fingerprint density at radius 1 is 1.18 bits per heavy atom. The molecule has 0 bridgehead atoms. The Morgan fingerprint density at radius 2 is 1.88 bits per heavy atom. The van der Waals surface area contributed by atoms with Crippen LogP contribution in [0, 0.1) is 13.8 Å². The second-order valence-electron chi connectivity index (χ2n) is 4.36. The van der Waals surface area contributed by atoms with Crippen LogP contribution in [-0.4, -0.2) is 19.9 Å². The smallest absolute Gasteiger partial charge is 0.158 e. The van der Waals surface area contributed by atoms with E-state index in [-0.39, 0.29) is 6.61 Å². The quantitative estimate of drug-likeness (QED) is 0.871. The highest BCUT2D eigenvalue weighted by Gasteiger charge is 2.09. The zero-order valence-electron chi connectivity index (χ0n) is 10.4. The maximum absolute atomic E-state index is 9.07. The molecule has 0 amide bonds. The van der Waals surface area contributed by atoms with Gasteiger partial charge in [-0.25, -0.2) is 0 Å². The van der Waals surface area contributed by atoms with Crippen LogP contribution in [0.2, 0.25) is 0 Å². The third-order valence-electron chi connectivity index (χ3n) is 3.05. The monoisotopic (exact) mass is 231 g/mol. The molecule has 4 heteroatoms. The van der Waals surface area contributed by atoms with Crippen molar-refractivity contribution in [3.8, 4) is 0 Å². The van der Waals surface area contributed by atoms with Crippen molar-refractivity contribution in [3.63, 3.8) is 0 Å². The van der Waals surface area contributed by atoms with Gasteiger partial charge in [-0.15, -0.1) is 10.2 Å². The predicted molar refractivity (Wildman–Crippen MR) is 65.6 cm³/mol. The zero-order chi connectivity index (χ0) is 12.4. The lowest BCUT2D eigenvalue weighted by Crippen LogP contribution is -2.04. The van der Waals surface area contributed by atoms with Crippen LogP contribution < -0.4 is 0 Å². The van der Waals surface area contributed by atoms with Gasteiger partial charge in [-0.3, -0.25) is 0 Å². The highest BCUT2D eigenvalue weighted by molar-refractivity contribution is 5.32. The first-order valence-electron chi connectivity index (χ1n) is 5.66. The molecular weight excluding hydrogens is 214 g/mol. The average Bonchev–Trinajstić information content (AvgIpc) is 2.65. The highest BCUT2D eigenvalue weighted by Crippen LogP contribution is 2.14. The Bertz CT molecular complexity index is 531. The van der Waals surface area contributed by atoms with Crippen molar-refractivity contribution < 1.29 is 5.11 Å². The number of hydrogen-bond donors (Lipinski definition) is 1. The van der Waals surface area contributed by atoms with Crippen molar-refractivity contribution in [2.75, 3.05) is 0 Å². The Hall–Kier alpha value is -1.68. The minimum absolute atomic E-state index is 0.0731.